The van der Waals surface area contributed by atoms with Gasteiger partial charge in [-0.2, -0.15) is 13.2 Å². The average molecular weight is 308 g/mol. The zero-order valence-electron chi connectivity index (χ0n) is 9.17. The highest BCUT2D eigenvalue weighted by molar-refractivity contribution is 9.10. The summed E-state index contributed by atoms with van der Waals surface area (Å²) in [5.74, 6) is 0. The SMILES string of the molecule is FC(F)(F)CN(Cc1ccccc1Br)C1CC1. The fourth-order valence-corrected chi connectivity index (χ4v) is 2.24. The molecule has 1 fully saturated rings. The van der Waals surface area contributed by atoms with Gasteiger partial charge in [-0.15, -0.1) is 0 Å². The summed E-state index contributed by atoms with van der Waals surface area (Å²) in [5, 5.41) is 0. The largest absolute Gasteiger partial charge is 0.401 e. The van der Waals surface area contributed by atoms with Gasteiger partial charge in [0.15, 0.2) is 0 Å². The van der Waals surface area contributed by atoms with Crippen LogP contribution in [-0.2, 0) is 6.54 Å². The van der Waals surface area contributed by atoms with Crippen LogP contribution in [0.1, 0.15) is 18.4 Å². The number of benzene rings is 1. The Morgan fingerprint density at radius 2 is 1.88 bits per heavy atom. The molecule has 1 saturated carbocycles. The molecule has 0 aliphatic heterocycles. The highest BCUT2D eigenvalue weighted by Gasteiger charge is 2.37. The van der Waals surface area contributed by atoms with Crippen molar-refractivity contribution in [3.8, 4) is 0 Å². The second-order valence-electron chi connectivity index (χ2n) is 4.34. The molecule has 0 radical (unpaired) electrons. The second kappa shape index (κ2) is 4.98. The molecule has 5 heteroatoms. The zero-order valence-corrected chi connectivity index (χ0v) is 10.8. The summed E-state index contributed by atoms with van der Waals surface area (Å²) in [6.45, 7) is -0.468. The Hall–Kier alpha value is -0.550. The van der Waals surface area contributed by atoms with E-state index in [0.29, 0.717) is 6.54 Å². The summed E-state index contributed by atoms with van der Waals surface area (Å²) in [6, 6.07) is 7.52. The van der Waals surface area contributed by atoms with Crippen molar-refractivity contribution in [3.63, 3.8) is 0 Å². The molecule has 0 aromatic heterocycles. The van der Waals surface area contributed by atoms with E-state index in [1.165, 1.54) is 4.90 Å². The molecular weight excluding hydrogens is 295 g/mol. The van der Waals surface area contributed by atoms with Crippen LogP contribution in [0.25, 0.3) is 0 Å². The summed E-state index contributed by atoms with van der Waals surface area (Å²) in [5.41, 5.74) is 0.906. The molecule has 1 nitrogen and oxygen atoms in total. The van der Waals surface area contributed by atoms with Crippen LogP contribution in [0.2, 0.25) is 0 Å². The van der Waals surface area contributed by atoms with Crippen molar-refractivity contribution in [2.24, 2.45) is 0 Å². The minimum atomic E-state index is -4.12. The average Bonchev–Trinajstić information content (AvgIpc) is 3.01. The summed E-state index contributed by atoms with van der Waals surface area (Å²) < 4.78 is 38.2. The third-order valence-corrected chi connectivity index (χ3v) is 3.55. The third-order valence-electron chi connectivity index (χ3n) is 2.78. The first-order valence-corrected chi connectivity index (χ1v) is 6.29. The molecule has 1 aromatic carbocycles. The maximum Gasteiger partial charge on any atom is 0.401 e. The summed E-state index contributed by atoms with van der Waals surface area (Å²) in [6.07, 6.45) is -2.37. The van der Waals surface area contributed by atoms with E-state index in [-0.39, 0.29) is 6.04 Å². The number of alkyl halides is 3. The summed E-state index contributed by atoms with van der Waals surface area (Å²) >= 11 is 3.37. The molecule has 17 heavy (non-hydrogen) atoms. The van der Waals surface area contributed by atoms with Gasteiger partial charge in [0, 0.05) is 17.1 Å². The van der Waals surface area contributed by atoms with Gasteiger partial charge in [0.05, 0.1) is 6.54 Å². The van der Waals surface area contributed by atoms with Crippen LogP contribution in [0.5, 0.6) is 0 Å². The van der Waals surface area contributed by atoms with Gasteiger partial charge in [-0.3, -0.25) is 4.90 Å². The van der Waals surface area contributed by atoms with Crippen molar-refractivity contribution in [1.82, 2.24) is 4.90 Å². The van der Waals surface area contributed by atoms with Gasteiger partial charge in [-0.25, -0.2) is 0 Å². The fraction of sp³-hybridized carbons (Fsp3) is 0.500. The molecule has 1 aliphatic rings. The van der Waals surface area contributed by atoms with Gasteiger partial charge in [-0.1, -0.05) is 34.1 Å². The number of hydrogen-bond donors (Lipinski definition) is 0. The molecule has 0 bridgehead atoms. The molecule has 1 aromatic rings. The Bertz CT molecular complexity index is 388. The number of rotatable bonds is 4. The maximum absolute atomic E-state index is 12.4. The molecule has 0 saturated heterocycles. The van der Waals surface area contributed by atoms with Crippen molar-refractivity contribution >= 4 is 15.9 Å². The van der Waals surface area contributed by atoms with Crippen LogP contribution in [0.15, 0.2) is 28.7 Å². The van der Waals surface area contributed by atoms with E-state index >= 15 is 0 Å². The Balaban J connectivity index is 2.05. The van der Waals surface area contributed by atoms with E-state index in [1.807, 2.05) is 24.3 Å². The fourth-order valence-electron chi connectivity index (χ4n) is 1.83. The van der Waals surface area contributed by atoms with Crippen molar-refractivity contribution in [3.05, 3.63) is 34.3 Å². The first kappa shape index (κ1) is 12.9. The van der Waals surface area contributed by atoms with Crippen LogP contribution in [-0.4, -0.2) is 23.7 Å². The van der Waals surface area contributed by atoms with Crippen molar-refractivity contribution in [1.29, 1.82) is 0 Å². The van der Waals surface area contributed by atoms with Gasteiger partial charge >= 0.3 is 6.18 Å². The molecule has 0 heterocycles. The van der Waals surface area contributed by atoms with Gasteiger partial charge in [0.1, 0.15) is 0 Å². The van der Waals surface area contributed by atoms with Gasteiger partial charge in [0.2, 0.25) is 0 Å². The van der Waals surface area contributed by atoms with Crippen molar-refractivity contribution in [2.75, 3.05) is 6.54 Å². The number of nitrogens with zero attached hydrogens (tertiary/aromatic N) is 1. The molecular formula is C12H13BrF3N. The highest BCUT2D eigenvalue weighted by atomic mass is 79.9. The number of halogens is 4. The Kier molecular flexibility index (Phi) is 3.78. The summed E-state index contributed by atoms with van der Waals surface area (Å²) in [4.78, 5) is 1.51. The highest BCUT2D eigenvalue weighted by Crippen LogP contribution is 2.32. The van der Waals surface area contributed by atoms with Crippen LogP contribution in [0.3, 0.4) is 0 Å². The molecule has 0 spiro atoms. The van der Waals surface area contributed by atoms with Crippen molar-refractivity contribution in [2.45, 2.75) is 31.6 Å². The lowest BCUT2D eigenvalue weighted by atomic mass is 10.2. The quantitative estimate of drug-likeness (QED) is 0.813. The zero-order chi connectivity index (χ0) is 12.5. The molecule has 0 N–H and O–H groups in total. The second-order valence-corrected chi connectivity index (χ2v) is 5.20. The van der Waals surface area contributed by atoms with E-state index in [1.54, 1.807) is 0 Å². The Labute approximate surface area is 107 Å². The molecule has 94 valence electrons. The van der Waals surface area contributed by atoms with E-state index in [9.17, 15) is 13.2 Å². The Morgan fingerprint density at radius 1 is 1.24 bits per heavy atom. The van der Waals surface area contributed by atoms with Crippen LogP contribution in [0, 0.1) is 0 Å². The predicted octanol–water partition coefficient (Wildman–Crippen LogP) is 3.98. The molecule has 0 atom stereocenters. The van der Waals surface area contributed by atoms with Gasteiger partial charge in [0.25, 0.3) is 0 Å². The van der Waals surface area contributed by atoms with E-state index in [4.69, 9.17) is 0 Å². The van der Waals surface area contributed by atoms with Gasteiger partial charge in [-0.05, 0) is 24.5 Å². The number of hydrogen-bond acceptors (Lipinski definition) is 1. The lowest BCUT2D eigenvalue weighted by Crippen LogP contribution is -2.35. The smallest absolute Gasteiger partial charge is 0.288 e. The maximum atomic E-state index is 12.4. The van der Waals surface area contributed by atoms with Crippen LogP contribution < -0.4 is 0 Å². The Morgan fingerprint density at radius 3 is 2.41 bits per heavy atom. The molecule has 2 rings (SSSR count). The lowest BCUT2D eigenvalue weighted by Gasteiger charge is -2.23. The monoisotopic (exact) mass is 307 g/mol. The van der Waals surface area contributed by atoms with E-state index in [2.05, 4.69) is 15.9 Å². The van der Waals surface area contributed by atoms with Crippen LogP contribution in [0.4, 0.5) is 13.2 Å². The standard InChI is InChI=1S/C12H13BrF3N/c13-11-4-2-1-3-9(11)7-17(10-5-6-10)8-12(14,15)16/h1-4,10H,5-8H2. The first-order chi connectivity index (χ1) is 7.96. The van der Waals surface area contributed by atoms with E-state index in [0.717, 1.165) is 22.9 Å². The summed E-state index contributed by atoms with van der Waals surface area (Å²) in [7, 11) is 0. The minimum absolute atomic E-state index is 0.101. The molecule has 1 aliphatic carbocycles. The van der Waals surface area contributed by atoms with E-state index < -0.39 is 12.7 Å². The normalized spacial score (nSPS) is 16.5. The predicted molar refractivity (Wildman–Crippen MR) is 63.6 cm³/mol. The van der Waals surface area contributed by atoms with Crippen molar-refractivity contribution < 1.29 is 13.2 Å². The molecule has 0 amide bonds. The minimum Gasteiger partial charge on any atom is -0.288 e. The van der Waals surface area contributed by atoms with Gasteiger partial charge < -0.3 is 0 Å². The van der Waals surface area contributed by atoms with Crippen LogP contribution >= 0.6 is 15.9 Å². The molecule has 0 unspecified atom stereocenters. The third kappa shape index (κ3) is 4.00. The topological polar surface area (TPSA) is 3.24 Å². The first-order valence-electron chi connectivity index (χ1n) is 5.50. The lowest BCUT2D eigenvalue weighted by molar-refractivity contribution is -0.148.